The van der Waals surface area contributed by atoms with Crippen LogP contribution in [0.15, 0.2) is 11.8 Å². The van der Waals surface area contributed by atoms with Crippen molar-refractivity contribution in [1.82, 2.24) is 5.32 Å². The van der Waals surface area contributed by atoms with Crippen LogP contribution in [0.5, 0.6) is 0 Å². The Morgan fingerprint density at radius 1 is 1.50 bits per heavy atom. The quantitative estimate of drug-likeness (QED) is 0.590. The van der Waals surface area contributed by atoms with Gasteiger partial charge in [0.25, 0.3) is 0 Å². The van der Waals surface area contributed by atoms with Crippen LogP contribution in [-0.2, 0) is 0 Å². The van der Waals surface area contributed by atoms with Crippen LogP contribution in [0, 0.1) is 5.41 Å². The molecule has 1 aliphatic rings. The molecule has 1 atom stereocenters. The lowest BCUT2D eigenvalue weighted by molar-refractivity contribution is 0.339. The van der Waals surface area contributed by atoms with E-state index in [2.05, 4.69) is 26.1 Å². The van der Waals surface area contributed by atoms with Crippen molar-refractivity contribution >= 4 is 0 Å². The number of aliphatic hydroxyl groups is 1. The second-order valence-electron chi connectivity index (χ2n) is 4.58. The number of rotatable bonds is 1. The molecule has 1 fully saturated rings. The smallest absolute Gasteiger partial charge is 0.106 e. The van der Waals surface area contributed by atoms with E-state index in [9.17, 15) is 5.11 Å². The summed E-state index contributed by atoms with van der Waals surface area (Å²) in [5.41, 5.74) is 0.0777. The molecule has 1 aliphatic heterocycles. The Hall–Kier alpha value is -0.500. The lowest BCUT2D eigenvalue weighted by Crippen LogP contribution is -2.24. The molecule has 0 bridgehead atoms. The monoisotopic (exact) mass is 169 g/mol. The highest BCUT2D eigenvalue weighted by Crippen LogP contribution is 2.20. The van der Waals surface area contributed by atoms with Gasteiger partial charge in [-0.3, -0.25) is 0 Å². The largest absolute Gasteiger partial charge is 0.511 e. The van der Waals surface area contributed by atoms with Gasteiger partial charge in [-0.2, -0.15) is 0 Å². The highest BCUT2D eigenvalue weighted by atomic mass is 16.3. The summed E-state index contributed by atoms with van der Waals surface area (Å²) in [5, 5.41) is 12.9. The lowest BCUT2D eigenvalue weighted by atomic mass is 9.94. The maximum absolute atomic E-state index is 9.68. The summed E-state index contributed by atoms with van der Waals surface area (Å²) in [4.78, 5) is 0. The maximum atomic E-state index is 9.68. The number of aliphatic hydroxyl groups excluding tert-OH is 1. The fourth-order valence-electron chi connectivity index (χ4n) is 1.48. The van der Waals surface area contributed by atoms with Crippen LogP contribution < -0.4 is 5.32 Å². The van der Waals surface area contributed by atoms with E-state index in [1.54, 1.807) is 0 Å². The Bertz CT molecular complexity index is 173. The van der Waals surface area contributed by atoms with Crippen molar-refractivity contribution in [3.63, 3.8) is 0 Å². The second kappa shape index (κ2) is 3.48. The fourth-order valence-corrected chi connectivity index (χ4v) is 1.48. The highest BCUT2D eigenvalue weighted by molar-refractivity contribution is 5.07. The molecule has 2 nitrogen and oxygen atoms in total. The minimum Gasteiger partial charge on any atom is -0.511 e. The summed E-state index contributed by atoms with van der Waals surface area (Å²) < 4.78 is 0. The fraction of sp³-hybridized carbons (Fsp3) is 0.800. The molecule has 1 rings (SSSR count). The summed E-state index contributed by atoms with van der Waals surface area (Å²) in [6.45, 7) is 7.32. The van der Waals surface area contributed by atoms with Crippen LogP contribution in [0.3, 0.4) is 0 Å². The molecule has 0 aromatic carbocycles. The van der Waals surface area contributed by atoms with Gasteiger partial charge < -0.3 is 10.4 Å². The third-order valence-electron chi connectivity index (χ3n) is 2.00. The van der Waals surface area contributed by atoms with Gasteiger partial charge in [-0.25, -0.2) is 0 Å². The predicted octanol–water partition coefficient (Wildman–Crippen LogP) is 2.23. The van der Waals surface area contributed by atoms with Gasteiger partial charge in [-0.1, -0.05) is 20.8 Å². The van der Waals surface area contributed by atoms with Crippen LogP contribution in [0.1, 0.15) is 33.6 Å². The molecule has 0 amide bonds. The third-order valence-corrected chi connectivity index (χ3v) is 2.00. The molecule has 1 saturated heterocycles. The van der Waals surface area contributed by atoms with Crippen molar-refractivity contribution in [2.24, 2.45) is 5.41 Å². The molecule has 2 heteroatoms. The SMILES string of the molecule is CC(C)(C)C=C(O)[C@@H]1CCCN1. The molecule has 0 aromatic rings. The zero-order chi connectivity index (χ0) is 9.19. The van der Waals surface area contributed by atoms with Crippen molar-refractivity contribution in [2.45, 2.75) is 39.7 Å². The van der Waals surface area contributed by atoms with E-state index >= 15 is 0 Å². The third kappa shape index (κ3) is 2.86. The van der Waals surface area contributed by atoms with Crippen molar-refractivity contribution in [3.05, 3.63) is 11.8 Å². The molecule has 2 N–H and O–H groups in total. The standard InChI is InChI=1S/C10H19NO/c1-10(2,3)7-9(12)8-5-4-6-11-8/h7-8,11-12H,4-6H2,1-3H3/t8-/m0/s1. The first-order valence-corrected chi connectivity index (χ1v) is 4.64. The van der Waals surface area contributed by atoms with Gasteiger partial charge in [0.2, 0.25) is 0 Å². The van der Waals surface area contributed by atoms with E-state index in [0.29, 0.717) is 5.76 Å². The molecule has 12 heavy (non-hydrogen) atoms. The minimum atomic E-state index is 0.0777. The molecule has 1 heterocycles. The van der Waals surface area contributed by atoms with Crippen LogP contribution in [-0.4, -0.2) is 17.7 Å². The number of hydrogen-bond donors (Lipinski definition) is 2. The molecule has 0 radical (unpaired) electrons. The predicted molar refractivity (Wildman–Crippen MR) is 51.2 cm³/mol. The van der Waals surface area contributed by atoms with Crippen molar-refractivity contribution in [2.75, 3.05) is 6.54 Å². The van der Waals surface area contributed by atoms with Gasteiger partial charge in [0, 0.05) is 0 Å². The van der Waals surface area contributed by atoms with Crippen molar-refractivity contribution in [3.8, 4) is 0 Å². The topological polar surface area (TPSA) is 32.3 Å². The van der Waals surface area contributed by atoms with Crippen LogP contribution in [0.25, 0.3) is 0 Å². The molecule has 70 valence electrons. The zero-order valence-corrected chi connectivity index (χ0v) is 8.22. The lowest BCUT2D eigenvalue weighted by Gasteiger charge is -2.16. The minimum absolute atomic E-state index is 0.0777. The van der Waals surface area contributed by atoms with Crippen molar-refractivity contribution < 1.29 is 5.11 Å². The first kappa shape index (κ1) is 9.59. The molecule has 0 saturated carbocycles. The number of hydrogen-bond acceptors (Lipinski definition) is 2. The summed E-state index contributed by atoms with van der Waals surface area (Å²) in [6, 6.07) is 0.212. The maximum Gasteiger partial charge on any atom is 0.106 e. The van der Waals surface area contributed by atoms with E-state index in [1.807, 2.05) is 6.08 Å². The van der Waals surface area contributed by atoms with Crippen LogP contribution in [0.2, 0.25) is 0 Å². The molecule has 0 unspecified atom stereocenters. The highest BCUT2D eigenvalue weighted by Gasteiger charge is 2.19. The molecular weight excluding hydrogens is 150 g/mol. The van der Waals surface area contributed by atoms with E-state index in [1.165, 1.54) is 6.42 Å². The Morgan fingerprint density at radius 3 is 2.58 bits per heavy atom. The summed E-state index contributed by atoms with van der Waals surface area (Å²) in [6.07, 6.45) is 4.18. The Labute approximate surface area is 74.7 Å². The first-order chi connectivity index (χ1) is 5.49. The van der Waals surface area contributed by atoms with Gasteiger partial charge in [-0.05, 0) is 30.9 Å². The normalized spacial score (nSPS) is 26.2. The van der Waals surface area contributed by atoms with Gasteiger partial charge in [-0.15, -0.1) is 0 Å². The van der Waals surface area contributed by atoms with Crippen LogP contribution >= 0.6 is 0 Å². The average Bonchev–Trinajstić information content (AvgIpc) is 2.32. The van der Waals surface area contributed by atoms with E-state index in [4.69, 9.17) is 0 Å². The second-order valence-corrected chi connectivity index (χ2v) is 4.58. The van der Waals surface area contributed by atoms with Gasteiger partial charge in [0.15, 0.2) is 0 Å². The summed E-state index contributed by atoms with van der Waals surface area (Å²) >= 11 is 0. The zero-order valence-electron chi connectivity index (χ0n) is 8.22. The van der Waals surface area contributed by atoms with Crippen molar-refractivity contribution in [1.29, 1.82) is 0 Å². The Morgan fingerprint density at radius 2 is 2.17 bits per heavy atom. The molecule has 0 aliphatic carbocycles. The molecular formula is C10H19NO. The van der Waals surface area contributed by atoms with Crippen LogP contribution in [0.4, 0.5) is 0 Å². The molecule has 0 spiro atoms. The summed E-state index contributed by atoms with van der Waals surface area (Å²) in [7, 11) is 0. The van der Waals surface area contributed by atoms with Gasteiger partial charge in [0.1, 0.15) is 5.76 Å². The molecule has 0 aromatic heterocycles. The van der Waals surface area contributed by atoms with E-state index < -0.39 is 0 Å². The van der Waals surface area contributed by atoms with E-state index in [-0.39, 0.29) is 11.5 Å². The van der Waals surface area contributed by atoms with Gasteiger partial charge >= 0.3 is 0 Å². The number of nitrogens with one attached hydrogen (secondary N) is 1. The summed E-state index contributed by atoms with van der Waals surface area (Å²) in [5.74, 6) is 0.514. The first-order valence-electron chi connectivity index (χ1n) is 4.64. The van der Waals surface area contributed by atoms with Gasteiger partial charge in [0.05, 0.1) is 6.04 Å². The van der Waals surface area contributed by atoms with E-state index in [0.717, 1.165) is 13.0 Å². The average molecular weight is 169 g/mol. The number of allylic oxidation sites excluding steroid dienone is 1. The Kier molecular flexibility index (Phi) is 2.78. The Balaban J connectivity index is 2.56.